The minimum absolute atomic E-state index is 0.0144. The first-order valence-electron chi connectivity index (χ1n) is 7.75. The van der Waals surface area contributed by atoms with Gasteiger partial charge < -0.3 is 14.5 Å². The summed E-state index contributed by atoms with van der Waals surface area (Å²) in [5.74, 6) is 0.226. The number of ether oxygens (including phenoxy) is 1. The highest BCUT2D eigenvalue weighted by Crippen LogP contribution is 2.21. The van der Waals surface area contributed by atoms with Crippen molar-refractivity contribution in [2.24, 2.45) is 0 Å². The third kappa shape index (κ3) is 3.44. The lowest BCUT2D eigenvalue weighted by Crippen LogP contribution is -2.34. The highest BCUT2D eigenvalue weighted by molar-refractivity contribution is 5.97. The molecule has 0 saturated carbocycles. The fraction of sp³-hybridized carbons (Fsp3) is 0.333. The molecular weight excluding hydrogens is 294 g/mol. The van der Waals surface area contributed by atoms with Gasteiger partial charge in [0.15, 0.2) is 0 Å². The van der Waals surface area contributed by atoms with Crippen LogP contribution in [-0.4, -0.2) is 18.1 Å². The molecule has 1 aliphatic rings. The van der Waals surface area contributed by atoms with Crippen LogP contribution in [0.2, 0.25) is 0 Å². The molecule has 120 valence electrons. The normalized spacial score (nSPS) is 16.9. The van der Waals surface area contributed by atoms with Crippen LogP contribution in [0.5, 0.6) is 5.75 Å². The van der Waals surface area contributed by atoms with E-state index < -0.39 is 11.5 Å². The van der Waals surface area contributed by atoms with Gasteiger partial charge in [-0.2, -0.15) is 0 Å². The third-order valence-corrected chi connectivity index (χ3v) is 3.65. The summed E-state index contributed by atoms with van der Waals surface area (Å²) in [4.78, 5) is 24.3. The second kappa shape index (κ2) is 6.28. The van der Waals surface area contributed by atoms with Crippen molar-refractivity contribution in [1.82, 2.24) is 5.32 Å². The van der Waals surface area contributed by atoms with Crippen molar-refractivity contribution >= 4 is 16.9 Å². The lowest BCUT2D eigenvalue weighted by Gasteiger charge is -2.11. The van der Waals surface area contributed by atoms with E-state index in [2.05, 4.69) is 5.32 Å². The number of fused-ring (bicyclic) bond motifs is 1. The maximum absolute atomic E-state index is 12.2. The van der Waals surface area contributed by atoms with E-state index in [-0.39, 0.29) is 17.7 Å². The van der Waals surface area contributed by atoms with Gasteiger partial charge in [0.1, 0.15) is 16.9 Å². The molecule has 5 nitrogen and oxygen atoms in total. The van der Waals surface area contributed by atoms with Crippen LogP contribution in [0.3, 0.4) is 0 Å². The molecule has 2 aromatic rings. The zero-order valence-corrected chi connectivity index (χ0v) is 13.2. The first-order valence-corrected chi connectivity index (χ1v) is 7.75. The van der Waals surface area contributed by atoms with E-state index in [0.717, 1.165) is 12.8 Å². The molecule has 1 aliphatic carbocycles. The van der Waals surface area contributed by atoms with E-state index in [0.29, 0.717) is 16.7 Å². The molecule has 1 N–H and O–H groups in total. The summed E-state index contributed by atoms with van der Waals surface area (Å²) in [6.07, 6.45) is 5.79. The average molecular weight is 313 g/mol. The summed E-state index contributed by atoms with van der Waals surface area (Å²) in [7, 11) is 0. The standard InChI is InChI=1S/C18H19NO4/c1-11(2)22-14-8-7-12-9-15(18(21)23-16(12)10-14)17(20)19-13-5-3-4-6-13/h3,5,7-11,13H,4,6H2,1-2H3,(H,19,20). The number of hydrogen-bond acceptors (Lipinski definition) is 4. The zero-order valence-electron chi connectivity index (χ0n) is 13.2. The van der Waals surface area contributed by atoms with E-state index >= 15 is 0 Å². The van der Waals surface area contributed by atoms with Crippen molar-refractivity contribution in [2.75, 3.05) is 0 Å². The number of benzene rings is 1. The minimum Gasteiger partial charge on any atom is -0.491 e. The fourth-order valence-corrected chi connectivity index (χ4v) is 2.59. The number of amides is 1. The molecule has 0 bridgehead atoms. The number of allylic oxidation sites excluding steroid dienone is 1. The summed E-state index contributed by atoms with van der Waals surface area (Å²) in [5.41, 5.74) is -0.209. The lowest BCUT2D eigenvalue weighted by atomic mass is 10.1. The van der Waals surface area contributed by atoms with Crippen molar-refractivity contribution in [3.8, 4) is 5.75 Å². The van der Waals surface area contributed by atoms with Gasteiger partial charge in [-0.25, -0.2) is 4.79 Å². The number of carbonyl (C=O) groups excluding carboxylic acids is 1. The van der Waals surface area contributed by atoms with Crippen LogP contribution < -0.4 is 15.7 Å². The molecule has 0 saturated heterocycles. The first-order chi connectivity index (χ1) is 11.0. The molecule has 5 heteroatoms. The SMILES string of the molecule is CC(C)Oc1ccc2cc(C(=O)NC3C=CCC3)c(=O)oc2c1. The molecule has 23 heavy (non-hydrogen) atoms. The molecule has 3 rings (SSSR count). The minimum atomic E-state index is -0.640. The van der Waals surface area contributed by atoms with Crippen molar-refractivity contribution in [3.63, 3.8) is 0 Å². The lowest BCUT2D eigenvalue weighted by molar-refractivity contribution is 0.0940. The third-order valence-electron chi connectivity index (χ3n) is 3.65. The van der Waals surface area contributed by atoms with Gasteiger partial charge in [0.05, 0.1) is 6.10 Å². The predicted molar refractivity (Wildman–Crippen MR) is 87.9 cm³/mol. The van der Waals surface area contributed by atoms with Gasteiger partial charge in [-0.15, -0.1) is 0 Å². The summed E-state index contributed by atoms with van der Waals surface area (Å²) in [6, 6.07) is 6.79. The maximum atomic E-state index is 12.2. The summed E-state index contributed by atoms with van der Waals surface area (Å²) in [6.45, 7) is 3.84. The van der Waals surface area contributed by atoms with Gasteiger partial charge >= 0.3 is 5.63 Å². The Balaban J connectivity index is 1.90. The Labute approximate surface area is 133 Å². The smallest absolute Gasteiger partial charge is 0.349 e. The van der Waals surface area contributed by atoms with Crippen LogP contribution in [0.15, 0.2) is 45.6 Å². The highest BCUT2D eigenvalue weighted by Gasteiger charge is 2.18. The number of rotatable bonds is 4. The Morgan fingerprint density at radius 2 is 2.17 bits per heavy atom. The highest BCUT2D eigenvalue weighted by atomic mass is 16.5. The molecule has 0 aliphatic heterocycles. The first kappa shape index (κ1) is 15.3. The quantitative estimate of drug-likeness (QED) is 0.696. The summed E-state index contributed by atoms with van der Waals surface area (Å²) in [5, 5.41) is 3.52. The fourth-order valence-electron chi connectivity index (χ4n) is 2.59. The average Bonchev–Trinajstić information content (AvgIpc) is 2.98. The van der Waals surface area contributed by atoms with Gasteiger partial charge in [0.2, 0.25) is 0 Å². The Morgan fingerprint density at radius 3 is 2.87 bits per heavy atom. The van der Waals surface area contributed by atoms with Gasteiger partial charge in [-0.05, 0) is 44.9 Å². The van der Waals surface area contributed by atoms with Crippen LogP contribution in [0.4, 0.5) is 0 Å². The topological polar surface area (TPSA) is 68.5 Å². The van der Waals surface area contributed by atoms with Crippen LogP contribution in [0.1, 0.15) is 37.0 Å². The summed E-state index contributed by atoms with van der Waals surface area (Å²) < 4.78 is 10.9. The zero-order chi connectivity index (χ0) is 16.4. The largest absolute Gasteiger partial charge is 0.491 e. The molecule has 1 amide bonds. The van der Waals surface area contributed by atoms with Crippen molar-refractivity contribution in [3.05, 3.63) is 52.4 Å². The predicted octanol–water partition coefficient (Wildman–Crippen LogP) is 3.03. The molecule has 0 fully saturated rings. The van der Waals surface area contributed by atoms with Gasteiger partial charge in [-0.1, -0.05) is 12.2 Å². The van der Waals surface area contributed by atoms with Crippen molar-refractivity contribution in [2.45, 2.75) is 38.8 Å². The van der Waals surface area contributed by atoms with Crippen LogP contribution in [-0.2, 0) is 0 Å². The van der Waals surface area contributed by atoms with E-state index in [1.54, 1.807) is 24.3 Å². The summed E-state index contributed by atoms with van der Waals surface area (Å²) >= 11 is 0. The van der Waals surface area contributed by atoms with Gasteiger partial charge in [0.25, 0.3) is 5.91 Å². The molecule has 1 atom stereocenters. The number of carbonyl (C=O) groups is 1. The Kier molecular flexibility index (Phi) is 4.19. The molecule has 1 aromatic carbocycles. The number of nitrogens with one attached hydrogen (secondary N) is 1. The maximum Gasteiger partial charge on any atom is 0.349 e. The van der Waals surface area contributed by atoms with Crippen LogP contribution in [0, 0.1) is 0 Å². The Hall–Kier alpha value is -2.56. The van der Waals surface area contributed by atoms with E-state index in [9.17, 15) is 9.59 Å². The van der Waals surface area contributed by atoms with Crippen LogP contribution >= 0.6 is 0 Å². The van der Waals surface area contributed by atoms with Gasteiger partial charge in [0, 0.05) is 17.5 Å². The number of hydrogen-bond donors (Lipinski definition) is 1. The second-order valence-corrected chi connectivity index (χ2v) is 5.90. The van der Waals surface area contributed by atoms with Crippen molar-refractivity contribution < 1.29 is 13.9 Å². The Bertz CT molecular complexity index is 819. The molecule has 1 unspecified atom stereocenters. The Morgan fingerprint density at radius 1 is 1.35 bits per heavy atom. The second-order valence-electron chi connectivity index (χ2n) is 5.90. The molecule has 0 spiro atoms. The monoisotopic (exact) mass is 313 g/mol. The van der Waals surface area contributed by atoms with Crippen molar-refractivity contribution in [1.29, 1.82) is 0 Å². The van der Waals surface area contributed by atoms with Crippen LogP contribution in [0.25, 0.3) is 11.0 Å². The molecule has 1 aromatic heterocycles. The molecule has 1 heterocycles. The van der Waals surface area contributed by atoms with Gasteiger partial charge in [-0.3, -0.25) is 4.79 Å². The molecule has 0 radical (unpaired) electrons. The van der Waals surface area contributed by atoms with E-state index in [4.69, 9.17) is 9.15 Å². The molecular formula is C18H19NO4. The van der Waals surface area contributed by atoms with E-state index in [1.807, 2.05) is 26.0 Å². The van der Waals surface area contributed by atoms with E-state index in [1.165, 1.54) is 0 Å².